The first kappa shape index (κ1) is 17.4. The molecule has 1 aliphatic rings. The molecule has 0 atom stereocenters. The predicted octanol–water partition coefficient (Wildman–Crippen LogP) is 3.14. The summed E-state index contributed by atoms with van der Waals surface area (Å²) in [6.07, 6.45) is 1.84. The van der Waals surface area contributed by atoms with Gasteiger partial charge in [0, 0.05) is 38.4 Å². The fourth-order valence-corrected chi connectivity index (χ4v) is 3.39. The van der Waals surface area contributed by atoms with Gasteiger partial charge in [-0.3, -0.25) is 14.5 Å². The molecule has 2 heterocycles. The largest absolute Gasteiger partial charge is 0.299 e. The Hall–Kier alpha value is -2.43. The number of carbonyl (C=O) groups is 2. The molecule has 0 N–H and O–H groups in total. The fourth-order valence-electron chi connectivity index (χ4n) is 3.39. The Labute approximate surface area is 148 Å². The van der Waals surface area contributed by atoms with Gasteiger partial charge in [-0.2, -0.15) is 5.10 Å². The molecule has 0 radical (unpaired) electrons. The van der Waals surface area contributed by atoms with Crippen LogP contribution in [0.15, 0.2) is 24.3 Å². The van der Waals surface area contributed by atoms with E-state index in [-0.39, 0.29) is 24.5 Å². The van der Waals surface area contributed by atoms with Crippen LogP contribution in [0.2, 0.25) is 0 Å². The number of hydrogen-bond donors (Lipinski definition) is 0. The quantitative estimate of drug-likeness (QED) is 0.841. The highest BCUT2D eigenvalue weighted by atomic mass is 16.2. The first-order valence-electron chi connectivity index (χ1n) is 8.86. The lowest BCUT2D eigenvalue weighted by molar-refractivity contribution is -0.123. The molecule has 1 amide bonds. The number of ketones is 1. The molecule has 5 heteroatoms. The molecule has 1 aliphatic heterocycles. The molecular weight excluding hydrogens is 314 g/mol. The average molecular weight is 339 g/mol. The van der Waals surface area contributed by atoms with E-state index in [0.717, 1.165) is 35.6 Å². The van der Waals surface area contributed by atoms with Gasteiger partial charge in [-0.05, 0) is 38.3 Å². The number of fused-ring (bicyclic) bond motifs is 1. The zero-order chi connectivity index (χ0) is 18.0. The Morgan fingerprint density at radius 1 is 1.08 bits per heavy atom. The highest BCUT2D eigenvalue weighted by Gasteiger charge is 2.24. The molecule has 0 saturated carbocycles. The second-order valence-corrected chi connectivity index (χ2v) is 6.91. The fraction of sp³-hybridized carbons (Fsp3) is 0.450. The lowest BCUT2D eigenvalue weighted by Crippen LogP contribution is -2.37. The van der Waals surface area contributed by atoms with E-state index in [1.807, 2.05) is 43.7 Å². The summed E-state index contributed by atoms with van der Waals surface area (Å²) in [5.41, 5.74) is 4.30. The average Bonchev–Trinajstić information content (AvgIpc) is 2.95. The van der Waals surface area contributed by atoms with Crippen LogP contribution >= 0.6 is 0 Å². The summed E-state index contributed by atoms with van der Waals surface area (Å²) in [7, 11) is 0. The third-order valence-corrected chi connectivity index (χ3v) is 4.71. The topological polar surface area (TPSA) is 55.2 Å². The third-order valence-electron chi connectivity index (χ3n) is 4.71. The maximum atomic E-state index is 12.6. The van der Waals surface area contributed by atoms with Gasteiger partial charge in [0.1, 0.15) is 11.6 Å². The van der Waals surface area contributed by atoms with Crippen LogP contribution in [0, 0.1) is 20.8 Å². The number of Topliss-reactive ketones (excluding diaryl/α,β-unsaturated/α-hetero) is 1. The van der Waals surface area contributed by atoms with Crippen molar-refractivity contribution in [3.8, 4) is 0 Å². The van der Waals surface area contributed by atoms with Crippen molar-refractivity contribution < 1.29 is 9.59 Å². The molecule has 0 bridgehead atoms. The summed E-state index contributed by atoms with van der Waals surface area (Å²) < 4.78 is 1.88. The summed E-state index contributed by atoms with van der Waals surface area (Å²) in [5, 5.41) is 4.41. The molecule has 25 heavy (non-hydrogen) atoms. The minimum Gasteiger partial charge on any atom is -0.299 e. The molecule has 132 valence electrons. The van der Waals surface area contributed by atoms with Crippen molar-refractivity contribution in [3.05, 3.63) is 46.6 Å². The number of aryl methyl sites for hydroxylation is 4. The molecule has 2 aromatic rings. The Kier molecular flexibility index (Phi) is 5.02. The second-order valence-electron chi connectivity index (χ2n) is 6.91. The molecule has 0 spiro atoms. The van der Waals surface area contributed by atoms with Gasteiger partial charge in [-0.15, -0.1) is 0 Å². The van der Waals surface area contributed by atoms with Gasteiger partial charge in [-0.25, -0.2) is 4.68 Å². The van der Waals surface area contributed by atoms with Gasteiger partial charge in [0.15, 0.2) is 0 Å². The van der Waals surface area contributed by atoms with E-state index in [1.165, 1.54) is 5.56 Å². The summed E-state index contributed by atoms with van der Waals surface area (Å²) in [6, 6.07) is 8.06. The zero-order valence-electron chi connectivity index (χ0n) is 15.2. The highest BCUT2D eigenvalue weighted by Crippen LogP contribution is 2.22. The summed E-state index contributed by atoms with van der Waals surface area (Å²) in [5.74, 6) is 0.979. The van der Waals surface area contributed by atoms with E-state index in [4.69, 9.17) is 0 Å². The number of amides is 1. The Bertz CT molecular complexity index is 807. The smallest absolute Gasteiger partial charge is 0.228 e. The van der Waals surface area contributed by atoms with Gasteiger partial charge in [0.05, 0.1) is 5.69 Å². The van der Waals surface area contributed by atoms with E-state index in [0.29, 0.717) is 13.0 Å². The van der Waals surface area contributed by atoms with Crippen LogP contribution in [0.1, 0.15) is 41.6 Å². The number of nitrogens with zero attached hydrogens (tertiary/aromatic N) is 3. The van der Waals surface area contributed by atoms with Crippen molar-refractivity contribution in [2.45, 2.75) is 53.0 Å². The molecule has 0 aliphatic carbocycles. The minimum absolute atomic E-state index is 0.00910. The van der Waals surface area contributed by atoms with Gasteiger partial charge < -0.3 is 0 Å². The van der Waals surface area contributed by atoms with Gasteiger partial charge in [0.2, 0.25) is 5.91 Å². The zero-order valence-corrected chi connectivity index (χ0v) is 15.2. The lowest BCUT2D eigenvalue weighted by atomic mass is 9.99. The normalized spacial score (nSPS) is 13.6. The van der Waals surface area contributed by atoms with E-state index < -0.39 is 0 Å². The molecule has 1 aromatic carbocycles. The second kappa shape index (κ2) is 7.21. The van der Waals surface area contributed by atoms with Crippen molar-refractivity contribution in [2.24, 2.45) is 0 Å². The molecular formula is C20H25N3O2. The number of aromatic nitrogens is 2. The van der Waals surface area contributed by atoms with Gasteiger partial charge >= 0.3 is 0 Å². The predicted molar refractivity (Wildman–Crippen MR) is 97.8 cm³/mol. The van der Waals surface area contributed by atoms with Crippen LogP contribution in [0.5, 0.6) is 0 Å². The van der Waals surface area contributed by atoms with Crippen molar-refractivity contribution in [2.75, 3.05) is 11.4 Å². The number of anilines is 1. The SMILES string of the molecule is Cc1ccc(CC(=O)CCC(=O)N2CCCn3nc(C)cc32)c(C)c1. The van der Waals surface area contributed by atoms with Crippen molar-refractivity contribution in [3.63, 3.8) is 0 Å². The summed E-state index contributed by atoms with van der Waals surface area (Å²) in [6.45, 7) is 7.55. The highest BCUT2D eigenvalue weighted by molar-refractivity contribution is 5.95. The first-order valence-corrected chi connectivity index (χ1v) is 8.86. The van der Waals surface area contributed by atoms with Crippen LogP contribution < -0.4 is 4.90 Å². The lowest BCUT2D eigenvalue weighted by Gasteiger charge is -2.27. The molecule has 1 aromatic heterocycles. The van der Waals surface area contributed by atoms with E-state index in [2.05, 4.69) is 11.2 Å². The Balaban J connectivity index is 1.58. The van der Waals surface area contributed by atoms with Crippen molar-refractivity contribution >= 4 is 17.5 Å². The summed E-state index contributed by atoms with van der Waals surface area (Å²) >= 11 is 0. The summed E-state index contributed by atoms with van der Waals surface area (Å²) in [4.78, 5) is 26.6. The van der Waals surface area contributed by atoms with Crippen molar-refractivity contribution in [1.82, 2.24) is 9.78 Å². The maximum absolute atomic E-state index is 12.6. The van der Waals surface area contributed by atoms with E-state index >= 15 is 0 Å². The number of benzene rings is 1. The van der Waals surface area contributed by atoms with Gasteiger partial charge in [-0.1, -0.05) is 23.8 Å². The van der Waals surface area contributed by atoms with Crippen LogP contribution in [0.3, 0.4) is 0 Å². The minimum atomic E-state index is 0.00910. The third kappa shape index (κ3) is 3.98. The van der Waals surface area contributed by atoms with Crippen LogP contribution in [0.25, 0.3) is 0 Å². The maximum Gasteiger partial charge on any atom is 0.228 e. The van der Waals surface area contributed by atoms with E-state index in [1.54, 1.807) is 4.90 Å². The molecule has 0 saturated heterocycles. The van der Waals surface area contributed by atoms with Crippen LogP contribution in [0.4, 0.5) is 5.82 Å². The monoisotopic (exact) mass is 339 g/mol. The molecule has 5 nitrogen and oxygen atoms in total. The Morgan fingerprint density at radius 3 is 2.64 bits per heavy atom. The van der Waals surface area contributed by atoms with Gasteiger partial charge in [0.25, 0.3) is 0 Å². The number of carbonyl (C=O) groups excluding carboxylic acids is 2. The first-order chi connectivity index (χ1) is 11.9. The Morgan fingerprint density at radius 2 is 1.88 bits per heavy atom. The van der Waals surface area contributed by atoms with Crippen LogP contribution in [-0.4, -0.2) is 28.0 Å². The van der Waals surface area contributed by atoms with Crippen LogP contribution in [-0.2, 0) is 22.6 Å². The van der Waals surface area contributed by atoms with E-state index in [9.17, 15) is 9.59 Å². The molecule has 3 rings (SSSR count). The molecule has 0 fully saturated rings. The number of rotatable bonds is 5. The standard InChI is InChI=1S/C20H25N3O2/c1-14-5-6-17(15(2)11-14)13-18(24)7-8-20(25)22-9-4-10-23-19(22)12-16(3)21-23/h5-6,11-12H,4,7-10,13H2,1-3H3. The molecule has 0 unspecified atom stereocenters. The number of hydrogen-bond acceptors (Lipinski definition) is 3. The van der Waals surface area contributed by atoms with Crippen molar-refractivity contribution in [1.29, 1.82) is 0 Å².